The van der Waals surface area contributed by atoms with Crippen molar-refractivity contribution in [2.24, 2.45) is 34.5 Å². The van der Waals surface area contributed by atoms with Crippen molar-refractivity contribution < 1.29 is 19.2 Å². The van der Waals surface area contributed by atoms with Gasteiger partial charge in [0.15, 0.2) is 0 Å². The van der Waals surface area contributed by atoms with Crippen LogP contribution in [0, 0.1) is 34.5 Å². The first kappa shape index (κ1) is 22.6. The molecule has 7 atom stereocenters. The highest BCUT2D eigenvalue weighted by Gasteiger charge is 2.60. The van der Waals surface area contributed by atoms with E-state index in [2.05, 4.69) is 25.4 Å². The molecular formula is C28H37NO4. The topological polar surface area (TPSA) is 64.6 Å². The summed E-state index contributed by atoms with van der Waals surface area (Å²) in [5, 5.41) is 0. The lowest BCUT2D eigenvalue weighted by molar-refractivity contribution is -0.130. The molecular weight excluding hydrogens is 414 g/mol. The molecule has 1 unspecified atom stereocenters. The molecule has 1 amide bonds. The monoisotopic (exact) mass is 451 g/mol. The normalized spacial score (nSPS) is 39.5. The number of fused-ring (bicyclic) bond motifs is 5. The van der Waals surface area contributed by atoms with Gasteiger partial charge in [-0.25, -0.2) is 10.3 Å². The minimum Gasteiger partial charge on any atom is -0.458 e. The lowest BCUT2D eigenvalue weighted by atomic mass is 9.45. The Hall–Kier alpha value is -2.14. The molecule has 1 aromatic carbocycles. The Balaban J connectivity index is 1.32. The third-order valence-corrected chi connectivity index (χ3v) is 9.98. The highest BCUT2D eigenvalue weighted by molar-refractivity contribution is 5.92. The molecule has 0 radical (unpaired) electrons. The fraction of sp³-hybridized carbons (Fsp3) is 0.643. The Kier molecular flexibility index (Phi) is 5.88. The summed E-state index contributed by atoms with van der Waals surface area (Å²) in [4.78, 5) is 30.0. The van der Waals surface area contributed by atoms with E-state index in [9.17, 15) is 9.59 Å². The number of amides is 1. The van der Waals surface area contributed by atoms with Gasteiger partial charge in [-0.05, 0) is 92.6 Å². The van der Waals surface area contributed by atoms with Gasteiger partial charge in [0.05, 0.1) is 12.7 Å². The van der Waals surface area contributed by atoms with Crippen LogP contribution in [0.25, 0.3) is 0 Å². The number of hydrogen-bond donors (Lipinski definition) is 1. The highest BCUT2D eigenvalue weighted by atomic mass is 16.6. The van der Waals surface area contributed by atoms with Crippen LogP contribution in [-0.4, -0.2) is 25.1 Å². The Labute approximate surface area is 197 Å². The fourth-order valence-electron chi connectivity index (χ4n) is 8.14. The van der Waals surface area contributed by atoms with Gasteiger partial charge in [-0.1, -0.05) is 38.1 Å². The van der Waals surface area contributed by atoms with E-state index in [0.717, 1.165) is 37.7 Å². The van der Waals surface area contributed by atoms with E-state index < -0.39 is 0 Å². The van der Waals surface area contributed by atoms with Crippen molar-refractivity contribution >= 4 is 11.9 Å². The molecule has 178 valence electrons. The largest absolute Gasteiger partial charge is 0.458 e. The molecule has 33 heavy (non-hydrogen) atoms. The summed E-state index contributed by atoms with van der Waals surface area (Å²) in [6.07, 6.45) is 10.9. The number of nitrogens with one attached hydrogen (secondary N) is 1. The van der Waals surface area contributed by atoms with Crippen LogP contribution in [0.3, 0.4) is 0 Å². The van der Waals surface area contributed by atoms with Crippen molar-refractivity contribution in [3.8, 4) is 0 Å². The van der Waals surface area contributed by atoms with Crippen LogP contribution < -0.4 is 5.48 Å². The van der Waals surface area contributed by atoms with Crippen LogP contribution in [0.15, 0.2) is 42.0 Å². The number of carbonyl (C=O) groups is 2. The minimum absolute atomic E-state index is 0.0114. The molecule has 4 aliphatic carbocycles. The first-order valence-corrected chi connectivity index (χ1v) is 12.6. The summed E-state index contributed by atoms with van der Waals surface area (Å²) in [7, 11) is 1.49. The lowest BCUT2D eigenvalue weighted by Gasteiger charge is -2.59. The van der Waals surface area contributed by atoms with E-state index in [1.807, 2.05) is 30.3 Å². The third-order valence-electron chi connectivity index (χ3n) is 9.98. The molecule has 5 nitrogen and oxygen atoms in total. The molecule has 0 aliphatic heterocycles. The van der Waals surface area contributed by atoms with Crippen LogP contribution in [0.2, 0.25) is 0 Å². The second kappa shape index (κ2) is 8.57. The zero-order valence-electron chi connectivity index (χ0n) is 20.1. The van der Waals surface area contributed by atoms with Crippen LogP contribution in [0.4, 0.5) is 0 Å². The molecule has 1 N–H and O–H groups in total. The van der Waals surface area contributed by atoms with Crippen molar-refractivity contribution in [3.63, 3.8) is 0 Å². The number of hydroxylamine groups is 1. The van der Waals surface area contributed by atoms with Crippen molar-refractivity contribution in [1.29, 1.82) is 0 Å². The molecule has 1 aromatic rings. The van der Waals surface area contributed by atoms with Crippen LogP contribution in [0.5, 0.6) is 0 Å². The van der Waals surface area contributed by atoms with Gasteiger partial charge in [0, 0.05) is 11.0 Å². The SMILES string of the molecule is CONC(=O)C1=CC[C@@]2(C)C(CC[C@H]3[C@@H]4CC[C@H](OC(=O)c5ccccc5)[C@@]4(C)CC[C@@H]32)C1. The molecule has 3 saturated carbocycles. The summed E-state index contributed by atoms with van der Waals surface area (Å²) in [6, 6.07) is 9.39. The summed E-state index contributed by atoms with van der Waals surface area (Å²) in [5.74, 6) is 2.27. The molecule has 0 heterocycles. The lowest BCUT2D eigenvalue weighted by Crippen LogP contribution is -2.53. The molecule has 5 heteroatoms. The molecule has 0 bridgehead atoms. The van der Waals surface area contributed by atoms with Crippen molar-refractivity contribution in [1.82, 2.24) is 5.48 Å². The number of esters is 1. The van der Waals surface area contributed by atoms with Crippen molar-refractivity contribution in [3.05, 3.63) is 47.5 Å². The van der Waals surface area contributed by atoms with Gasteiger partial charge >= 0.3 is 5.97 Å². The Bertz CT molecular complexity index is 942. The van der Waals surface area contributed by atoms with Crippen LogP contribution in [-0.2, 0) is 14.4 Å². The van der Waals surface area contributed by atoms with E-state index in [1.165, 1.54) is 26.4 Å². The quantitative estimate of drug-likeness (QED) is 0.487. The Morgan fingerprint density at radius 2 is 1.73 bits per heavy atom. The van der Waals surface area contributed by atoms with E-state index >= 15 is 0 Å². The van der Waals surface area contributed by atoms with E-state index in [4.69, 9.17) is 9.57 Å². The maximum Gasteiger partial charge on any atom is 0.338 e. The molecule has 4 aliphatic rings. The van der Waals surface area contributed by atoms with Gasteiger partial charge in [0.25, 0.3) is 5.91 Å². The van der Waals surface area contributed by atoms with Crippen molar-refractivity contribution in [2.75, 3.05) is 7.11 Å². The number of carbonyl (C=O) groups excluding carboxylic acids is 2. The van der Waals surface area contributed by atoms with E-state index in [1.54, 1.807) is 0 Å². The van der Waals surface area contributed by atoms with Crippen LogP contribution in [0.1, 0.15) is 75.6 Å². The van der Waals surface area contributed by atoms with Gasteiger partial charge in [-0.15, -0.1) is 0 Å². The fourth-order valence-corrected chi connectivity index (χ4v) is 8.14. The maximum atomic E-state index is 12.8. The van der Waals surface area contributed by atoms with Gasteiger partial charge < -0.3 is 4.74 Å². The zero-order valence-corrected chi connectivity index (χ0v) is 20.1. The molecule has 0 saturated heterocycles. The number of benzene rings is 1. The molecule has 0 spiro atoms. The van der Waals surface area contributed by atoms with Gasteiger partial charge in [0.1, 0.15) is 6.10 Å². The average molecular weight is 452 g/mol. The summed E-state index contributed by atoms with van der Waals surface area (Å²) in [6.45, 7) is 4.85. The summed E-state index contributed by atoms with van der Waals surface area (Å²) in [5.41, 5.74) is 4.35. The number of hydrogen-bond acceptors (Lipinski definition) is 4. The van der Waals surface area contributed by atoms with E-state index in [0.29, 0.717) is 29.2 Å². The summed E-state index contributed by atoms with van der Waals surface area (Å²) < 4.78 is 6.14. The predicted molar refractivity (Wildman–Crippen MR) is 126 cm³/mol. The van der Waals surface area contributed by atoms with Crippen molar-refractivity contribution in [2.45, 2.75) is 71.3 Å². The van der Waals surface area contributed by atoms with Gasteiger partial charge in [-0.2, -0.15) is 0 Å². The standard InChI is InChI=1S/C28H37NO4/c1-27-15-13-19(25(30)29-32-3)17-20(27)9-10-21-22-11-12-24(28(22,2)16-14-23(21)27)33-26(31)18-7-5-4-6-8-18/h4-8,13,20-24H,9-12,14-17H2,1-3H3,(H,29,30)/t20?,21-,22-,23-,24-,27-,28-/m0/s1. The summed E-state index contributed by atoms with van der Waals surface area (Å²) >= 11 is 0. The van der Waals surface area contributed by atoms with E-state index in [-0.39, 0.29) is 28.8 Å². The second-order valence-electron chi connectivity index (χ2n) is 11.3. The van der Waals surface area contributed by atoms with Gasteiger partial charge in [-0.3, -0.25) is 9.63 Å². The first-order valence-electron chi connectivity index (χ1n) is 12.6. The number of allylic oxidation sites excluding steroid dienone is 1. The number of ether oxygens (including phenoxy) is 1. The second-order valence-corrected chi connectivity index (χ2v) is 11.3. The predicted octanol–water partition coefficient (Wildman–Crippen LogP) is 5.47. The Morgan fingerprint density at radius 1 is 0.970 bits per heavy atom. The number of rotatable bonds is 4. The third kappa shape index (κ3) is 3.73. The minimum atomic E-state index is -0.181. The van der Waals surface area contributed by atoms with Gasteiger partial charge in [0.2, 0.25) is 0 Å². The molecule has 5 rings (SSSR count). The smallest absolute Gasteiger partial charge is 0.338 e. The Morgan fingerprint density at radius 3 is 2.48 bits per heavy atom. The average Bonchev–Trinajstić information content (AvgIpc) is 3.15. The zero-order chi connectivity index (χ0) is 23.2. The maximum absolute atomic E-state index is 12.8. The van der Waals surface area contributed by atoms with Crippen LogP contribution >= 0.6 is 0 Å². The molecule has 3 fully saturated rings. The first-order chi connectivity index (χ1) is 15.9. The molecule has 0 aromatic heterocycles. The highest BCUT2D eigenvalue weighted by Crippen LogP contribution is 2.66.